The summed E-state index contributed by atoms with van der Waals surface area (Å²) < 4.78 is 0. The van der Waals surface area contributed by atoms with Gasteiger partial charge in [-0.05, 0) is 27.1 Å². The second-order valence-electron chi connectivity index (χ2n) is 2.72. The summed E-state index contributed by atoms with van der Waals surface area (Å²) in [6, 6.07) is 0. The number of rotatable bonds is 5. The van der Waals surface area contributed by atoms with Gasteiger partial charge in [0, 0.05) is 21.1 Å². The molecule has 0 N–H and O–H groups in total. The average molecular weight is 312 g/mol. The van der Waals surface area contributed by atoms with Gasteiger partial charge < -0.3 is 11.8 Å². The molecule has 0 aliphatic heterocycles. The van der Waals surface area contributed by atoms with Gasteiger partial charge >= 0.3 is 0 Å². The Morgan fingerprint density at radius 3 is 2.10 bits per heavy atom. The SMILES string of the molecule is [CH2-]CCCCCN(C)C.[W]. The largest absolute Gasteiger partial charge is 0.343 e. The van der Waals surface area contributed by atoms with Gasteiger partial charge in [-0.3, -0.25) is 0 Å². The number of hydrogen-bond acceptors (Lipinski definition) is 1. The zero-order valence-electron chi connectivity index (χ0n) is 7.10. The van der Waals surface area contributed by atoms with Crippen LogP contribution in [-0.4, -0.2) is 25.5 Å². The van der Waals surface area contributed by atoms with Gasteiger partial charge in [-0.25, -0.2) is 0 Å². The summed E-state index contributed by atoms with van der Waals surface area (Å²) in [7, 11) is 4.23. The van der Waals surface area contributed by atoms with Crippen LogP contribution in [0.1, 0.15) is 25.7 Å². The molecule has 1 nitrogen and oxygen atoms in total. The summed E-state index contributed by atoms with van der Waals surface area (Å²) in [5, 5.41) is 0. The van der Waals surface area contributed by atoms with E-state index in [0.717, 1.165) is 6.42 Å². The molecule has 2 heteroatoms. The van der Waals surface area contributed by atoms with Gasteiger partial charge in [0.15, 0.2) is 0 Å². The first-order valence-corrected chi connectivity index (χ1v) is 3.71. The molecule has 0 atom stereocenters. The Hall–Kier alpha value is 0.648. The minimum Gasteiger partial charge on any atom is -0.343 e. The van der Waals surface area contributed by atoms with E-state index in [1.54, 1.807) is 0 Å². The topological polar surface area (TPSA) is 3.24 Å². The van der Waals surface area contributed by atoms with Gasteiger partial charge in [-0.15, -0.1) is 0 Å². The van der Waals surface area contributed by atoms with Crippen LogP contribution in [0.5, 0.6) is 0 Å². The molecule has 0 radical (unpaired) electrons. The van der Waals surface area contributed by atoms with E-state index in [4.69, 9.17) is 0 Å². The van der Waals surface area contributed by atoms with E-state index in [0.29, 0.717) is 0 Å². The molecule has 0 unspecified atom stereocenters. The fourth-order valence-corrected chi connectivity index (χ4v) is 0.782. The van der Waals surface area contributed by atoms with Crippen molar-refractivity contribution >= 4 is 0 Å². The number of hydrogen-bond donors (Lipinski definition) is 0. The molecule has 0 aromatic carbocycles. The van der Waals surface area contributed by atoms with Crippen LogP contribution >= 0.6 is 0 Å². The van der Waals surface area contributed by atoms with E-state index < -0.39 is 0 Å². The maximum Gasteiger partial charge on any atom is 0 e. The predicted octanol–water partition coefficient (Wildman–Crippen LogP) is 1.94. The van der Waals surface area contributed by atoms with Crippen molar-refractivity contribution in [3.05, 3.63) is 6.92 Å². The van der Waals surface area contributed by atoms with Crippen molar-refractivity contribution in [2.45, 2.75) is 25.7 Å². The molecule has 0 heterocycles. The Bertz CT molecular complexity index is 55.2. The summed E-state index contributed by atoms with van der Waals surface area (Å²) in [4.78, 5) is 2.23. The van der Waals surface area contributed by atoms with Crippen molar-refractivity contribution < 1.29 is 21.1 Å². The minimum absolute atomic E-state index is 0. The molecule has 0 spiro atoms. The van der Waals surface area contributed by atoms with Crippen LogP contribution in [0.25, 0.3) is 0 Å². The van der Waals surface area contributed by atoms with Crippen LogP contribution in [0.15, 0.2) is 0 Å². The Morgan fingerprint density at radius 1 is 1.10 bits per heavy atom. The summed E-state index contributed by atoms with van der Waals surface area (Å²) >= 11 is 0. The van der Waals surface area contributed by atoms with Crippen LogP contribution in [0, 0.1) is 6.92 Å². The molecule has 0 aromatic heterocycles. The van der Waals surface area contributed by atoms with Gasteiger partial charge in [0.05, 0.1) is 0 Å². The maximum atomic E-state index is 3.79. The monoisotopic (exact) mass is 312 g/mol. The van der Waals surface area contributed by atoms with Crippen LogP contribution in [0.3, 0.4) is 0 Å². The second kappa shape index (κ2) is 9.65. The molecule has 0 aliphatic rings. The van der Waals surface area contributed by atoms with E-state index in [9.17, 15) is 0 Å². The Kier molecular flexibility index (Phi) is 12.8. The van der Waals surface area contributed by atoms with Crippen molar-refractivity contribution in [1.82, 2.24) is 4.90 Å². The third kappa shape index (κ3) is 11.4. The van der Waals surface area contributed by atoms with Gasteiger partial charge in [0.2, 0.25) is 0 Å². The average Bonchev–Trinajstić information content (AvgIpc) is 1.80. The maximum absolute atomic E-state index is 3.79. The van der Waals surface area contributed by atoms with E-state index >= 15 is 0 Å². The Labute approximate surface area is 79.4 Å². The molecule has 0 aliphatic carbocycles. The van der Waals surface area contributed by atoms with Gasteiger partial charge in [-0.2, -0.15) is 6.42 Å². The van der Waals surface area contributed by atoms with Gasteiger partial charge in [0.25, 0.3) is 0 Å². The number of nitrogens with zero attached hydrogens (tertiary/aromatic N) is 1. The first-order chi connectivity index (χ1) is 4.27. The second-order valence-corrected chi connectivity index (χ2v) is 2.72. The summed E-state index contributed by atoms with van der Waals surface area (Å²) in [5.74, 6) is 0. The van der Waals surface area contributed by atoms with Gasteiger partial charge in [-0.1, -0.05) is 12.8 Å². The van der Waals surface area contributed by atoms with Crippen molar-refractivity contribution in [3.8, 4) is 0 Å². The van der Waals surface area contributed by atoms with Crippen LogP contribution in [-0.2, 0) is 21.1 Å². The Balaban J connectivity index is 0. The summed E-state index contributed by atoms with van der Waals surface area (Å²) in [6.45, 7) is 5.01. The smallest absolute Gasteiger partial charge is 0 e. The summed E-state index contributed by atoms with van der Waals surface area (Å²) in [5.41, 5.74) is 0. The third-order valence-corrected chi connectivity index (χ3v) is 1.36. The zero-order chi connectivity index (χ0) is 7.11. The van der Waals surface area contributed by atoms with E-state index in [1.165, 1.54) is 25.8 Å². The Morgan fingerprint density at radius 2 is 1.70 bits per heavy atom. The molecule has 0 fully saturated rings. The fourth-order valence-electron chi connectivity index (χ4n) is 0.782. The molecule has 0 amide bonds. The van der Waals surface area contributed by atoms with Crippen molar-refractivity contribution in [1.29, 1.82) is 0 Å². The van der Waals surface area contributed by atoms with Crippen LogP contribution in [0.4, 0.5) is 0 Å². The first kappa shape index (κ1) is 13.3. The molecule has 62 valence electrons. The molecule has 0 saturated heterocycles. The van der Waals surface area contributed by atoms with Crippen molar-refractivity contribution in [2.75, 3.05) is 20.6 Å². The number of unbranched alkanes of at least 4 members (excludes halogenated alkanes) is 3. The molecule has 0 saturated carbocycles. The molecular weight excluding hydrogens is 294 g/mol. The van der Waals surface area contributed by atoms with Gasteiger partial charge in [0.1, 0.15) is 0 Å². The normalized spacial score (nSPS) is 9.60. The molecule has 0 rings (SSSR count). The summed E-state index contributed by atoms with van der Waals surface area (Å²) in [6.07, 6.45) is 5.03. The van der Waals surface area contributed by atoms with E-state index in [2.05, 4.69) is 25.9 Å². The molecular formula is C8H18NW-. The van der Waals surface area contributed by atoms with E-state index in [1.807, 2.05) is 0 Å². The van der Waals surface area contributed by atoms with Crippen LogP contribution < -0.4 is 0 Å². The van der Waals surface area contributed by atoms with Crippen molar-refractivity contribution in [2.24, 2.45) is 0 Å². The predicted molar refractivity (Wildman–Crippen MR) is 42.4 cm³/mol. The quantitative estimate of drug-likeness (QED) is 0.554. The third-order valence-electron chi connectivity index (χ3n) is 1.36. The molecule has 0 aromatic rings. The van der Waals surface area contributed by atoms with Crippen molar-refractivity contribution in [3.63, 3.8) is 0 Å². The molecule has 10 heavy (non-hydrogen) atoms. The minimum atomic E-state index is 0. The standard InChI is InChI=1S/C8H18N.W/c1-4-5-6-7-8-9(2)3;/h1,4-8H2,2-3H3;/q-1;. The van der Waals surface area contributed by atoms with Crippen LogP contribution in [0.2, 0.25) is 0 Å². The van der Waals surface area contributed by atoms with E-state index in [-0.39, 0.29) is 21.1 Å². The fraction of sp³-hybridized carbons (Fsp3) is 0.875. The first-order valence-electron chi connectivity index (χ1n) is 3.71. The zero-order valence-corrected chi connectivity index (χ0v) is 10.0. The molecule has 0 bridgehead atoms.